The fraction of sp³-hybridized carbons (Fsp3) is 0.368. The highest BCUT2D eigenvalue weighted by Crippen LogP contribution is 2.27. The highest BCUT2D eigenvalue weighted by atomic mass is 19.1. The van der Waals surface area contributed by atoms with Crippen molar-refractivity contribution in [3.8, 4) is 11.4 Å². The maximum Gasteiger partial charge on any atom is 0.219 e. The minimum atomic E-state index is -0.559. The van der Waals surface area contributed by atoms with Gasteiger partial charge < -0.3 is 15.6 Å². The van der Waals surface area contributed by atoms with E-state index >= 15 is 0 Å². The molecule has 0 bridgehead atoms. The van der Waals surface area contributed by atoms with E-state index in [4.69, 9.17) is 0 Å². The molecule has 146 valence electrons. The molecule has 0 aromatic carbocycles. The lowest BCUT2D eigenvalue weighted by atomic mass is 10.1. The Labute approximate surface area is 160 Å². The molecule has 7 nitrogen and oxygen atoms in total. The lowest BCUT2D eigenvalue weighted by Crippen LogP contribution is -2.28. The predicted molar refractivity (Wildman–Crippen MR) is 101 cm³/mol. The van der Waals surface area contributed by atoms with E-state index in [1.807, 2.05) is 0 Å². The molecule has 1 aliphatic heterocycles. The number of aromatic amines is 1. The summed E-state index contributed by atoms with van der Waals surface area (Å²) in [6.45, 7) is 0.531. The van der Waals surface area contributed by atoms with Crippen molar-refractivity contribution in [2.45, 2.75) is 38.1 Å². The van der Waals surface area contributed by atoms with Gasteiger partial charge in [-0.3, -0.25) is 4.79 Å². The summed E-state index contributed by atoms with van der Waals surface area (Å²) in [5.41, 5.74) is 1.05. The van der Waals surface area contributed by atoms with Gasteiger partial charge in [0.2, 0.25) is 5.91 Å². The molecule has 1 amide bonds. The number of fused-ring (bicyclic) bond motifs is 1. The average Bonchev–Trinajstić information content (AvgIpc) is 3.12. The van der Waals surface area contributed by atoms with Crippen molar-refractivity contribution in [3.05, 3.63) is 36.3 Å². The lowest BCUT2D eigenvalue weighted by molar-refractivity contribution is -0.121. The maximum atomic E-state index is 14.3. The van der Waals surface area contributed by atoms with Crippen molar-refractivity contribution >= 4 is 22.8 Å². The number of carbonyl (C=O) groups excluding carboxylic acids is 1. The molecule has 3 aromatic rings. The molecule has 3 N–H and O–H groups in total. The highest BCUT2D eigenvalue weighted by Gasteiger charge is 2.18. The van der Waals surface area contributed by atoms with Crippen LogP contribution < -0.4 is 10.6 Å². The average molecular weight is 386 g/mol. The van der Waals surface area contributed by atoms with Crippen molar-refractivity contribution < 1.29 is 13.6 Å². The summed E-state index contributed by atoms with van der Waals surface area (Å²) in [6.07, 6.45) is 7.54. The van der Waals surface area contributed by atoms with E-state index in [-0.39, 0.29) is 23.6 Å². The van der Waals surface area contributed by atoms with Gasteiger partial charge in [0, 0.05) is 36.2 Å². The Kier molecular flexibility index (Phi) is 5.14. The van der Waals surface area contributed by atoms with Gasteiger partial charge >= 0.3 is 0 Å². The topological polar surface area (TPSA) is 95.6 Å². The Morgan fingerprint density at radius 1 is 1.14 bits per heavy atom. The molecule has 4 heterocycles. The summed E-state index contributed by atoms with van der Waals surface area (Å²) in [5.74, 6) is -0.604. The van der Waals surface area contributed by atoms with Crippen molar-refractivity contribution in [1.29, 1.82) is 0 Å². The fourth-order valence-electron chi connectivity index (χ4n) is 3.39. The number of anilines is 1. The van der Waals surface area contributed by atoms with Gasteiger partial charge in [0.05, 0.1) is 12.4 Å². The van der Waals surface area contributed by atoms with Crippen LogP contribution >= 0.6 is 0 Å². The zero-order valence-electron chi connectivity index (χ0n) is 15.1. The molecule has 0 spiro atoms. The van der Waals surface area contributed by atoms with Gasteiger partial charge in [-0.1, -0.05) is 6.42 Å². The van der Waals surface area contributed by atoms with E-state index in [0.717, 1.165) is 31.7 Å². The molecular weight excluding hydrogens is 366 g/mol. The van der Waals surface area contributed by atoms with Crippen LogP contribution in [0.4, 0.5) is 14.6 Å². The van der Waals surface area contributed by atoms with E-state index in [2.05, 4.69) is 30.6 Å². The molecule has 0 radical (unpaired) electrons. The standard InChI is InChI=1S/C19H20F2N6O/c20-11-7-13-14(9-24-17(13)23-8-11)18-25-10-15(21)19(27-18)26-12-3-1-2-4-16(28)22-6-5-12/h7-10,12H,1-6H2,(H,22,28)(H,23,24)(H,25,26,27)/t12-/m0/s1. The number of aromatic nitrogens is 4. The Bertz CT molecular complexity index is 1010. The molecular formula is C19H20F2N6O. The first-order valence-electron chi connectivity index (χ1n) is 9.29. The second-order valence-corrected chi connectivity index (χ2v) is 6.87. The molecule has 3 aromatic heterocycles. The van der Waals surface area contributed by atoms with E-state index in [9.17, 15) is 13.6 Å². The van der Waals surface area contributed by atoms with Gasteiger partial charge in [-0.25, -0.2) is 23.7 Å². The summed E-state index contributed by atoms with van der Waals surface area (Å²) in [5, 5.41) is 6.54. The van der Waals surface area contributed by atoms with Crippen LogP contribution in [0, 0.1) is 11.6 Å². The predicted octanol–water partition coefficient (Wildman–Crippen LogP) is 3.16. The highest BCUT2D eigenvalue weighted by molar-refractivity contribution is 5.91. The normalized spacial score (nSPS) is 18.2. The second kappa shape index (κ2) is 7.87. The SMILES string of the molecule is O=C1CCCC[C@H](Nc2nc(-c3c[nH]c4ncc(F)cc34)ncc2F)CCN1. The van der Waals surface area contributed by atoms with Crippen LogP contribution in [0.3, 0.4) is 0 Å². The molecule has 0 unspecified atom stereocenters. The molecule has 0 aliphatic carbocycles. The Hall–Kier alpha value is -3.10. The zero-order valence-corrected chi connectivity index (χ0v) is 15.1. The second-order valence-electron chi connectivity index (χ2n) is 6.87. The van der Waals surface area contributed by atoms with Crippen molar-refractivity contribution in [2.24, 2.45) is 0 Å². The van der Waals surface area contributed by atoms with Crippen LogP contribution in [0.15, 0.2) is 24.7 Å². The molecule has 0 saturated carbocycles. The number of hydrogen-bond acceptors (Lipinski definition) is 5. The summed E-state index contributed by atoms with van der Waals surface area (Å²) in [7, 11) is 0. The number of amides is 1. The van der Waals surface area contributed by atoms with E-state index < -0.39 is 11.6 Å². The molecule has 1 saturated heterocycles. The first-order valence-corrected chi connectivity index (χ1v) is 9.29. The number of hydrogen-bond donors (Lipinski definition) is 3. The minimum absolute atomic E-state index is 0.0160. The van der Waals surface area contributed by atoms with Gasteiger partial charge in [-0.15, -0.1) is 0 Å². The van der Waals surface area contributed by atoms with Crippen LogP contribution in [0.25, 0.3) is 22.4 Å². The Balaban J connectivity index is 1.59. The number of H-pyrrole nitrogens is 1. The number of halogens is 2. The summed E-state index contributed by atoms with van der Waals surface area (Å²) < 4.78 is 27.9. The van der Waals surface area contributed by atoms with Crippen LogP contribution in [-0.4, -0.2) is 38.4 Å². The van der Waals surface area contributed by atoms with Gasteiger partial charge in [0.1, 0.15) is 11.5 Å². The van der Waals surface area contributed by atoms with Crippen molar-refractivity contribution in [2.75, 3.05) is 11.9 Å². The third-order valence-electron chi connectivity index (χ3n) is 4.84. The number of nitrogens with zero attached hydrogens (tertiary/aromatic N) is 3. The summed E-state index contributed by atoms with van der Waals surface area (Å²) >= 11 is 0. The van der Waals surface area contributed by atoms with Crippen LogP contribution in [0.5, 0.6) is 0 Å². The van der Waals surface area contributed by atoms with Crippen molar-refractivity contribution in [3.63, 3.8) is 0 Å². The fourth-order valence-corrected chi connectivity index (χ4v) is 3.39. The van der Waals surface area contributed by atoms with Gasteiger partial charge in [-0.2, -0.15) is 0 Å². The van der Waals surface area contributed by atoms with Gasteiger partial charge in [0.15, 0.2) is 17.5 Å². The van der Waals surface area contributed by atoms with Crippen LogP contribution in [0.1, 0.15) is 32.1 Å². The Morgan fingerprint density at radius 2 is 2.04 bits per heavy atom. The molecule has 1 atom stereocenters. The van der Waals surface area contributed by atoms with E-state index in [0.29, 0.717) is 36.0 Å². The smallest absolute Gasteiger partial charge is 0.219 e. The van der Waals surface area contributed by atoms with Crippen molar-refractivity contribution in [1.82, 2.24) is 25.3 Å². The number of carbonyl (C=O) groups is 1. The molecule has 1 fully saturated rings. The number of nitrogens with one attached hydrogen (secondary N) is 3. The third-order valence-corrected chi connectivity index (χ3v) is 4.84. The molecule has 9 heteroatoms. The van der Waals surface area contributed by atoms with Gasteiger partial charge in [-0.05, 0) is 25.3 Å². The quantitative estimate of drug-likeness (QED) is 0.643. The maximum absolute atomic E-state index is 14.3. The number of pyridine rings is 1. The molecule has 4 rings (SSSR count). The molecule has 1 aliphatic rings. The third kappa shape index (κ3) is 3.92. The van der Waals surface area contributed by atoms with Crippen LogP contribution in [0.2, 0.25) is 0 Å². The zero-order chi connectivity index (χ0) is 19.5. The first kappa shape index (κ1) is 18.3. The molecule has 28 heavy (non-hydrogen) atoms. The van der Waals surface area contributed by atoms with Gasteiger partial charge in [0.25, 0.3) is 0 Å². The summed E-state index contributed by atoms with van der Waals surface area (Å²) in [4.78, 5) is 26.9. The van der Waals surface area contributed by atoms with E-state index in [1.54, 1.807) is 6.20 Å². The van der Waals surface area contributed by atoms with Crippen LogP contribution in [-0.2, 0) is 4.79 Å². The number of rotatable bonds is 3. The lowest BCUT2D eigenvalue weighted by Gasteiger charge is -2.19. The monoisotopic (exact) mass is 386 g/mol. The minimum Gasteiger partial charge on any atom is -0.365 e. The van der Waals surface area contributed by atoms with E-state index in [1.165, 1.54) is 6.07 Å². The largest absolute Gasteiger partial charge is 0.365 e. The summed E-state index contributed by atoms with van der Waals surface area (Å²) in [6, 6.07) is 1.33. The first-order chi connectivity index (χ1) is 13.6. The Morgan fingerprint density at radius 3 is 2.93 bits per heavy atom.